The molecule has 3 heterocycles. The molecule has 0 fully saturated rings. The van der Waals surface area contributed by atoms with Crippen molar-refractivity contribution in [3.63, 3.8) is 0 Å². The number of nitrogens with zero attached hydrogens (tertiary/aromatic N) is 4. The summed E-state index contributed by atoms with van der Waals surface area (Å²) in [5.74, 6) is 5.48. The standard InChI is InChI=1S/C58H64N4O8P4S2/c1-9-59(10-2)71-63-43-25-17-39-21-29-55-51(47(39)33-43)37-53-49-35-45(27-19-41(49)23-31-57(53)69-73(75,67-55)61(13-5)14-6)65-72(60(11-3)12-4)66-46-28-20-42-24-32-58-54(50(42)36-46)38-52-48-34-44(64-71)26-18-40(48)22-30-56(52)68-74(76,70-58)62(15-7)16-8/h17-36H,9-16,37-38H2,1-8H3. The van der Waals surface area contributed by atoms with Crippen molar-refractivity contribution in [2.75, 3.05) is 52.4 Å². The van der Waals surface area contributed by atoms with E-state index in [2.05, 4.69) is 147 Å². The van der Waals surface area contributed by atoms with Gasteiger partial charge >= 0.3 is 30.3 Å². The maximum atomic E-state index is 7.10. The molecule has 0 atom stereocenters. The second-order valence-corrected chi connectivity index (χ2v) is 28.1. The highest BCUT2D eigenvalue weighted by molar-refractivity contribution is 8.09. The van der Waals surface area contributed by atoms with E-state index in [4.69, 9.17) is 59.8 Å². The smallest absolute Gasteiger partial charge is 0.384 e. The molecular formula is C58H64N4O8P4S2. The van der Waals surface area contributed by atoms with E-state index in [1.54, 1.807) is 0 Å². The van der Waals surface area contributed by atoms with Crippen molar-refractivity contribution in [2.24, 2.45) is 0 Å². The van der Waals surface area contributed by atoms with Crippen LogP contribution in [-0.4, -0.2) is 71.0 Å². The summed E-state index contributed by atoms with van der Waals surface area (Å²) in [5, 5.41) is 8.14. The molecule has 0 aliphatic carbocycles. The molecule has 396 valence electrons. The predicted molar refractivity (Wildman–Crippen MR) is 321 cm³/mol. The molecule has 76 heavy (non-hydrogen) atoms. The van der Waals surface area contributed by atoms with Gasteiger partial charge in [0, 0.05) is 111 Å². The SMILES string of the molecule is CCN(CC)P1Oc2ccc3ccc4c(c3c2)Cc2c(ccc3ccc(cc23)OP(N(CC)CC)Oc2ccc3ccc5c(c3c2)Cc2c(ccc3ccc(cc23)O1)OP(=S)(N(CC)CC)O5)OP(=S)(N(CC)CC)O4. The van der Waals surface area contributed by atoms with Gasteiger partial charge in [0.25, 0.3) is 0 Å². The van der Waals surface area contributed by atoms with Gasteiger partial charge in [-0.1, -0.05) is 104 Å². The van der Waals surface area contributed by atoms with Gasteiger partial charge in [0.1, 0.15) is 46.0 Å². The maximum absolute atomic E-state index is 7.10. The maximum Gasteiger partial charge on any atom is 0.384 e. The Morgan fingerprint density at radius 3 is 0.816 bits per heavy atom. The molecule has 0 amide bonds. The molecule has 0 aromatic heterocycles. The fourth-order valence-electron chi connectivity index (χ4n) is 10.5. The Balaban J connectivity index is 1.16. The summed E-state index contributed by atoms with van der Waals surface area (Å²) >= 11 is 13.1. The van der Waals surface area contributed by atoms with E-state index < -0.39 is 30.3 Å². The van der Waals surface area contributed by atoms with Crippen molar-refractivity contribution in [2.45, 2.75) is 68.2 Å². The highest BCUT2D eigenvalue weighted by atomic mass is 32.5. The Morgan fingerprint density at radius 2 is 0.592 bits per heavy atom. The molecule has 18 heteroatoms. The third-order valence-corrected chi connectivity index (χ3v) is 24.6. The van der Waals surface area contributed by atoms with Gasteiger partial charge in [-0.3, -0.25) is 0 Å². The van der Waals surface area contributed by atoms with Crippen LogP contribution in [0.5, 0.6) is 46.0 Å². The average Bonchev–Trinajstić information content (AvgIpc) is 3.42. The third-order valence-electron chi connectivity index (χ3n) is 14.6. The molecule has 3 aliphatic heterocycles. The highest BCUT2D eigenvalue weighted by Crippen LogP contribution is 2.59. The van der Waals surface area contributed by atoms with Crippen molar-refractivity contribution in [1.29, 1.82) is 0 Å². The van der Waals surface area contributed by atoms with Crippen LogP contribution in [0, 0.1) is 0 Å². The summed E-state index contributed by atoms with van der Waals surface area (Å²) < 4.78 is 65.2. The number of fused-ring (bicyclic) bond motifs is 4. The van der Waals surface area contributed by atoms with Crippen molar-refractivity contribution in [3.05, 3.63) is 144 Å². The lowest BCUT2D eigenvalue weighted by molar-refractivity contribution is 0.363. The second-order valence-electron chi connectivity index (χ2n) is 18.8. The van der Waals surface area contributed by atoms with Crippen molar-refractivity contribution in [1.82, 2.24) is 18.7 Å². The molecule has 0 N–H and O–H groups in total. The molecule has 0 radical (unpaired) electrons. The van der Waals surface area contributed by atoms with Crippen LogP contribution in [0.15, 0.2) is 121 Å². The first-order chi connectivity index (χ1) is 36.9. The highest BCUT2D eigenvalue weighted by Gasteiger charge is 2.37. The molecular weight excluding hydrogens is 1070 g/mol. The van der Waals surface area contributed by atoms with E-state index in [0.717, 1.165) is 65.3 Å². The molecule has 11 rings (SSSR count). The Bertz CT molecular complexity index is 3180. The van der Waals surface area contributed by atoms with Gasteiger partial charge in [-0.05, 0) is 116 Å². The fraction of sp³-hybridized carbons (Fsp3) is 0.310. The molecule has 0 saturated carbocycles. The molecule has 0 saturated heterocycles. The van der Waals surface area contributed by atoms with Crippen LogP contribution in [-0.2, 0) is 36.5 Å². The zero-order valence-corrected chi connectivity index (χ0v) is 49.5. The molecule has 8 aromatic carbocycles. The first-order valence-electron chi connectivity index (χ1n) is 26.5. The Hall–Kier alpha value is -4.80. The van der Waals surface area contributed by atoms with Crippen molar-refractivity contribution in [3.8, 4) is 46.0 Å². The fourth-order valence-corrected chi connectivity index (χ4v) is 19.0. The Morgan fingerprint density at radius 1 is 0.355 bits per heavy atom. The lowest BCUT2D eigenvalue weighted by Crippen LogP contribution is -2.26. The zero-order valence-electron chi connectivity index (χ0n) is 44.3. The topological polar surface area (TPSA) is 86.8 Å². The Labute approximate surface area is 459 Å². The van der Waals surface area contributed by atoms with Gasteiger partial charge in [0.05, 0.1) is 0 Å². The molecule has 3 aliphatic rings. The van der Waals surface area contributed by atoms with E-state index in [-0.39, 0.29) is 0 Å². The minimum atomic E-state index is -3.12. The van der Waals surface area contributed by atoms with Crippen LogP contribution in [0.4, 0.5) is 0 Å². The van der Waals surface area contributed by atoms with Gasteiger partial charge in [-0.15, -0.1) is 0 Å². The minimum absolute atomic E-state index is 0.488. The molecule has 0 spiro atoms. The number of hydrogen-bond acceptors (Lipinski definition) is 12. The second kappa shape index (κ2) is 22.1. The van der Waals surface area contributed by atoms with Crippen LogP contribution < -0.4 is 36.2 Å². The number of benzene rings is 8. The Kier molecular flexibility index (Phi) is 15.5. The first-order valence-corrected chi connectivity index (χ1v) is 33.9. The summed E-state index contributed by atoms with van der Waals surface area (Å²) in [7, 11) is -3.33. The van der Waals surface area contributed by atoms with E-state index in [1.165, 1.54) is 0 Å². The van der Waals surface area contributed by atoms with Crippen LogP contribution >= 0.6 is 30.3 Å². The van der Waals surface area contributed by atoms with E-state index >= 15 is 0 Å². The molecule has 12 nitrogen and oxygen atoms in total. The van der Waals surface area contributed by atoms with E-state index in [0.29, 0.717) is 111 Å². The average molecular weight is 1130 g/mol. The lowest BCUT2D eigenvalue weighted by atomic mass is 9.93. The van der Waals surface area contributed by atoms with Crippen molar-refractivity contribution < 1.29 is 36.2 Å². The number of hydrogen-bond donors (Lipinski definition) is 0. The third kappa shape index (κ3) is 10.0. The van der Waals surface area contributed by atoms with Crippen LogP contribution in [0.1, 0.15) is 77.6 Å². The van der Waals surface area contributed by atoms with Crippen LogP contribution in [0.25, 0.3) is 43.1 Å². The van der Waals surface area contributed by atoms with Crippen LogP contribution in [0.3, 0.4) is 0 Å². The van der Waals surface area contributed by atoms with Gasteiger partial charge in [-0.2, -0.15) is 0 Å². The summed E-state index contributed by atoms with van der Waals surface area (Å²) in [4.78, 5) is 0. The van der Waals surface area contributed by atoms with Crippen molar-refractivity contribution >= 4 is 97.0 Å². The summed E-state index contributed by atoms with van der Waals surface area (Å²) in [6.07, 6.45) is 0.977. The van der Waals surface area contributed by atoms with Crippen LogP contribution in [0.2, 0.25) is 0 Å². The van der Waals surface area contributed by atoms with Gasteiger partial charge in [-0.25, -0.2) is 18.7 Å². The quantitative estimate of drug-likeness (QED) is 0.109. The van der Waals surface area contributed by atoms with Gasteiger partial charge < -0.3 is 36.2 Å². The molecule has 0 unspecified atom stereocenters. The minimum Gasteiger partial charge on any atom is -0.427 e. The summed E-state index contributed by atoms with van der Waals surface area (Å²) in [5.41, 5.74) is 3.97. The predicted octanol–water partition coefficient (Wildman–Crippen LogP) is 16.5. The number of rotatable bonds is 12. The normalized spacial score (nSPS) is 20.1. The monoisotopic (exact) mass is 1130 g/mol. The summed E-state index contributed by atoms with van der Waals surface area (Å²) in [6, 6.07) is 41.7. The van der Waals surface area contributed by atoms with Gasteiger partial charge in [0.15, 0.2) is 0 Å². The molecule has 8 aromatic rings. The largest absolute Gasteiger partial charge is 0.427 e. The summed E-state index contributed by atoms with van der Waals surface area (Å²) in [6.45, 7) is 16.2. The lowest BCUT2D eigenvalue weighted by Gasteiger charge is -2.35. The van der Waals surface area contributed by atoms with E-state index in [1.807, 2.05) is 48.5 Å². The molecule has 12 bridgehead atoms. The van der Waals surface area contributed by atoms with E-state index in [9.17, 15) is 0 Å². The van der Waals surface area contributed by atoms with Gasteiger partial charge in [0.2, 0.25) is 0 Å². The zero-order chi connectivity index (χ0) is 52.9. The first kappa shape index (κ1) is 53.2.